The maximum Gasteiger partial charge on any atom is 0.0805 e. The number of anilines is 1. The highest BCUT2D eigenvalue weighted by molar-refractivity contribution is 5.48. The maximum atomic E-state index is 9.52. The van der Waals surface area contributed by atoms with E-state index >= 15 is 0 Å². The fourth-order valence-electron chi connectivity index (χ4n) is 2.61. The summed E-state index contributed by atoms with van der Waals surface area (Å²) in [5.74, 6) is 0. The van der Waals surface area contributed by atoms with Crippen molar-refractivity contribution in [2.45, 2.75) is 45.5 Å². The number of hydrogen-bond acceptors (Lipinski definition) is 3. The van der Waals surface area contributed by atoms with Gasteiger partial charge in [0.25, 0.3) is 0 Å². The van der Waals surface area contributed by atoms with E-state index in [-0.39, 0.29) is 11.7 Å². The van der Waals surface area contributed by atoms with Crippen LogP contribution in [0.2, 0.25) is 0 Å². The van der Waals surface area contributed by atoms with E-state index < -0.39 is 6.10 Å². The zero-order chi connectivity index (χ0) is 13.3. The van der Waals surface area contributed by atoms with Gasteiger partial charge in [0.05, 0.1) is 17.8 Å². The third-order valence-electron chi connectivity index (χ3n) is 3.31. The molecule has 2 atom stereocenters. The van der Waals surface area contributed by atoms with Crippen LogP contribution in [0.15, 0.2) is 24.3 Å². The van der Waals surface area contributed by atoms with Crippen LogP contribution in [-0.4, -0.2) is 29.9 Å². The Morgan fingerprint density at radius 3 is 2.44 bits per heavy atom. The fourth-order valence-corrected chi connectivity index (χ4v) is 2.61. The number of aliphatic hydroxyl groups is 1. The van der Waals surface area contributed by atoms with Gasteiger partial charge in [-0.15, -0.1) is 0 Å². The molecule has 100 valence electrons. The number of hydrogen-bond donors (Lipinski definition) is 1. The van der Waals surface area contributed by atoms with Crippen LogP contribution < -0.4 is 4.90 Å². The molecule has 0 bridgehead atoms. The number of aliphatic hydroxyl groups excluding tert-OH is 1. The summed E-state index contributed by atoms with van der Waals surface area (Å²) < 4.78 is 5.91. The molecule has 0 saturated carbocycles. The molecule has 0 amide bonds. The molecule has 0 radical (unpaired) electrons. The van der Waals surface area contributed by atoms with Crippen molar-refractivity contribution in [2.75, 3.05) is 18.0 Å². The minimum Gasteiger partial charge on any atom is -0.389 e. The Morgan fingerprint density at radius 2 is 1.94 bits per heavy atom. The van der Waals surface area contributed by atoms with Crippen molar-refractivity contribution in [3.63, 3.8) is 0 Å². The molecule has 0 aromatic heterocycles. The Morgan fingerprint density at radius 1 is 1.33 bits per heavy atom. The van der Waals surface area contributed by atoms with Gasteiger partial charge in [-0.25, -0.2) is 0 Å². The van der Waals surface area contributed by atoms with E-state index in [0.29, 0.717) is 0 Å². The number of morpholine rings is 1. The van der Waals surface area contributed by atoms with Crippen molar-refractivity contribution in [3.05, 3.63) is 29.8 Å². The summed E-state index contributed by atoms with van der Waals surface area (Å²) in [4.78, 5) is 2.35. The van der Waals surface area contributed by atoms with E-state index in [0.717, 1.165) is 18.7 Å². The number of benzene rings is 1. The van der Waals surface area contributed by atoms with Gasteiger partial charge in [-0.3, -0.25) is 0 Å². The first-order valence-corrected chi connectivity index (χ1v) is 6.58. The zero-order valence-electron chi connectivity index (χ0n) is 11.7. The van der Waals surface area contributed by atoms with Gasteiger partial charge in [0.2, 0.25) is 0 Å². The van der Waals surface area contributed by atoms with E-state index in [4.69, 9.17) is 4.74 Å². The molecule has 1 aromatic rings. The summed E-state index contributed by atoms with van der Waals surface area (Å²) in [5.41, 5.74) is 2.04. The van der Waals surface area contributed by atoms with Crippen LogP contribution in [0.25, 0.3) is 0 Å². The molecule has 18 heavy (non-hydrogen) atoms. The van der Waals surface area contributed by atoms with Gasteiger partial charge in [-0.2, -0.15) is 0 Å². The third kappa shape index (κ3) is 3.03. The van der Waals surface area contributed by atoms with E-state index in [1.165, 1.54) is 5.69 Å². The summed E-state index contributed by atoms with van der Waals surface area (Å²) >= 11 is 0. The average Bonchev–Trinajstić information content (AvgIpc) is 2.26. The highest BCUT2D eigenvalue weighted by atomic mass is 16.5. The Hall–Kier alpha value is -1.06. The first kappa shape index (κ1) is 13.4. The molecule has 0 spiro atoms. The zero-order valence-corrected chi connectivity index (χ0v) is 11.7. The van der Waals surface area contributed by atoms with Crippen molar-refractivity contribution < 1.29 is 9.84 Å². The van der Waals surface area contributed by atoms with Crippen molar-refractivity contribution in [1.82, 2.24) is 0 Å². The summed E-state index contributed by atoms with van der Waals surface area (Å²) in [6.45, 7) is 9.95. The third-order valence-corrected chi connectivity index (χ3v) is 3.31. The van der Waals surface area contributed by atoms with Crippen LogP contribution in [0.4, 0.5) is 5.69 Å². The van der Waals surface area contributed by atoms with Gasteiger partial charge in [0, 0.05) is 18.8 Å². The summed E-state index contributed by atoms with van der Waals surface area (Å²) in [6, 6.07) is 8.15. The second kappa shape index (κ2) is 4.90. The second-order valence-corrected chi connectivity index (χ2v) is 5.84. The SMILES string of the molecule is CC1CN(c2ccc([C@@H](C)O)cc2)CC(C)(C)O1. The summed E-state index contributed by atoms with van der Waals surface area (Å²) in [5, 5.41) is 9.52. The van der Waals surface area contributed by atoms with Crippen LogP contribution in [-0.2, 0) is 4.74 Å². The number of nitrogens with zero attached hydrogens (tertiary/aromatic N) is 1. The Labute approximate surface area is 109 Å². The molecule has 3 heteroatoms. The topological polar surface area (TPSA) is 32.7 Å². The van der Waals surface area contributed by atoms with Crippen LogP contribution in [0.3, 0.4) is 0 Å². The molecule has 1 N–H and O–H groups in total. The first-order chi connectivity index (χ1) is 8.37. The molecular weight excluding hydrogens is 226 g/mol. The van der Waals surface area contributed by atoms with Crippen LogP contribution >= 0.6 is 0 Å². The highest BCUT2D eigenvalue weighted by Crippen LogP contribution is 2.26. The van der Waals surface area contributed by atoms with Gasteiger partial charge in [0.1, 0.15) is 0 Å². The van der Waals surface area contributed by atoms with E-state index in [1.54, 1.807) is 6.92 Å². The molecule has 2 rings (SSSR count). The molecule has 3 nitrogen and oxygen atoms in total. The Kier molecular flexibility index (Phi) is 3.64. The lowest BCUT2D eigenvalue weighted by Crippen LogP contribution is -2.52. The molecule has 1 fully saturated rings. The van der Waals surface area contributed by atoms with Crippen molar-refractivity contribution in [1.29, 1.82) is 0 Å². The first-order valence-electron chi connectivity index (χ1n) is 6.58. The van der Waals surface area contributed by atoms with Gasteiger partial charge in [-0.1, -0.05) is 12.1 Å². The predicted octanol–water partition coefficient (Wildman–Crippen LogP) is 2.74. The standard InChI is InChI=1S/C15H23NO2/c1-11-9-16(10-15(3,4)18-11)14-7-5-13(6-8-14)12(2)17/h5-8,11-12,17H,9-10H2,1-4H3/t11?,12-/m1/s1. The van der Waals surface area contributed by atoms with E-state index in [1.807, 2.05) is 12.1 Å². The normalized spacial score (nSPS) is 24.9. The molecule has 1 aromatic carbocycles. The predicted molar refractivity (Wildman–Crippen MR) is 73.9 cm³/mol. The highest BCUT2D eigenvalue weighted by Gasteiger charge is 2.31. The molecule has 1 unspecified atom stereocenters. The quantitative estimate of drug-likeness (QED) is 0.874. The minimum absolute atomic E-state index is 0.111. The van der Waals surface area contributed by atoms with Gasteiger partial charge in [0.15, 0.2) is 0 Å². The lowest BCUT2D eigenvalue weighted by atomic mass is 10.0. The molecule has 0 aliphatic carbocycles. The summed E-state index contributed by atoms with van der Waals surface area (Å²) in [7, 11) is 0. The van der Waals surface area contributed by atoms with Gasteiger partial charge >= 0.3 is 0 Å². The fraction of sp³-hybridized carbons (Fsp3) is 0.600. The molecule has 1 heterocycles. The van der Waals surface area contributed by atoms with Crippen molar-refractivity contribution in [2.24, 2.45) is 0 Å². The van der Waals surface area contributed by atoms with Crippen LogP contribution in [0, 0.1) is 0 Å². The molecule has 1 aliphatic heterocycles. The number of ether oxygens (including phenoxy) is 1. The molecule has 1 aliphatic rings. The monoisotopic (exact) mass is 249 g/mol. The van der Waals surface area contributed by atoms with Crippen LogP contribution in [0.1, 0.15) is 39.4 Å². The second-order valence-electron chi connectivity index (χ2n) is 5.84. The average molecular weight is 249 g/mol. The molecular formula is C15H23NO2. The number of rotatable bonds is 2. The summed E-state index contributed by atoms with van der Waals surface area (Å²) in [6.07, 6.45) is -0.163. The van der Waals surface area contributed by atoms with Crippen LogP contribution in [0.5, 0.6) is 0 Å². The Bertz CT molecular complexity index is 397. The Balaban J connectivity index is 2.15. The largest absolute Gasteiger partial charge is 0.389 e. The van der Waals surface area contributed by atoms with Gasteiger partial charge < -0.3 is 14.7 Å². The van der Waals surface area contributed by atoms with E-state index in [9.17, 15) is 5.11 Å². The maximum absolute atomic E-state index is 9.52. The van der Waals surface area contributed by atoms with E-state index in [2.05, 4.69) is 37.8 Å². The minimum atomic E-state index is -0.404. The molecule has 1 saturated heterocycles. The van der Waals surface area contributed by atoms with Crippen molar-refractivity contribution >= 4 is 5.69 Å². The van der Waals surface area contributed by atoms with Crippen molar-refractivity contribution in [3.8, 4) is 0 Å². The lowest BCUT2D eigenvalue weighted by Gasteiger charge is -2.43. The lowest BCUT2D eigenvalue weighted by molar-refractivity contribution is -0.0749. The van der Waals surface area contributed by atoms with Gasteiger partial charge in [-0.05, 0) is 45.4 Å². The smallest absolute Gasteiger partial charge is 0.0805 e.